The molecule has 1 amide bonds. The summed E-state index contributed by atoms with van der Waals surface area (Å²) < 4.78 is 11.1. The fourth-order valence-corrected chi connectivity index (χ4v) is 2.75. The third-order valence-corrected chi connectivity index (χ3v) is 3.64. The molecule has 21 heavy (non-hydrogen) atoms. The second-order valence-corrected chi connectivity index (χ2v) is 6.18. The maximum atomic E-state index is 11.5. The Hall–Kier alpha value is -1.59. The molecule has 5 heteroatoms. The van der Waals surface area contributed by atoms with Crippen LogP contribution in [0.4, 0.5) is 0 Å². The molecule has 0 aromatic heterocycles. The monoisotopic (exact) mass is 292 g/mol. The molecule has 0 saturated carbocycles. The van der Waals surface area contributed by atoms with Crippen LogP contribution in [-0.4, -0.2) is 25.2 Å². The Morgan fingerprint density at radius 1 is 1.57 bits per heavy atom. The van der Waals surface area contributed by atoms with Crippen LogP contribution in [0.2, 0.25) is 0 Å². The summed E-state index contributed by atoms with van der Waals surface area (Å²) in [6, 6.07) is 5.64. The number of hydrogen-bond donors (Lipinski definition) is 2. The zero-order valence-electron chi connectivity index (χ0n) is 13.1. The van der Waals surface area contributed by atoms with Crippen LogP contribution in [0.5, 0.6) is 5.75 Å². The van der Waals surface area contributed by atoms with Crippen molar-refractivity contribution >= 4 is 5.91 Å². The fourth-order valence-electron chi connectivity index (χ4n) is 2.75. The summed E-state index contributed by atoms with van der Waals surface area (Å²) in [6.45, 7) is 6.03. The maximum absolute atomic E-state index is 11.5. The average molecular weight is 292 g/mol. The molecule has 0 saturated heterocycles. The highest BCUT2D eigenvalue weighted by atomic mass is 16.5. The van der Waals surface area contributed by atoms with Gasteiger partial charge in [0.2, 0.25) is 5.91 Å². The number of benzene rings is 1. The number of fused-ring (bicyclic) bond motifs is 1. The van der Waals surface area contributed by atoms with Crippen LogP contribution < -0.4 is 15.8 Å². The van der Waals surface area contributed by atoms with Crippen molar-refractivity contribution < 1.29 is 14.3 Å². The number of amides is 1. The molecule has 2 atom stereocenters. The summed E-state index contributed by atoms with van der Waals surface area (Å²) in [5, 5.41) is 3.00. The quantitative estimate of drug-likeness (QED) is 0.891. The first kappa shape index (κ1) is 15.8. The second kappa shape index (κ2) is 6.03. The molecule has 0 radical (unpaired) electrons. The molecule has 116 valence electrons. The minimum Gasteiger partial charge on any atom is -0.487 e. The molecule has 1 aliphatic rings. The molecule has 0 fully saturated rings. The predicted molar refractivity (Wildman–Crippen MR) is 81.1 cm³/mol. The summed E-state index contributed by atoms with van der Waals surface area (Å²) >= 11 is 0. The minimum atomic E-state index is -0.309. The lowest BCUT2D eigenvalue weighted by molar-refractivity contribution is -0.120. The average Bonchev–Trinajstić information content (AvgIpc) is 2.36. The Balaban J connectivity index is 2.36. The van der Waals surface area contributed by atoms with Crippen molar-refractivity contribution in [3.63, 3.8) is 0 Å². The van der Waals surface area contributed by atoms with Gasteiger partial charge in [0, 0.05) is 26.0 Å². The second-order valence-electron chi connectivity index (χ2n) is 6.18. The topological polar surface area (TPSA) is 73.6 Å². The molecule has 0 bridgehead atoms. The highest BCUT2D eigenvalue weighted by molar-refractivity contribution is 5.73. The molecule has 2 unspecified atom stereocenters. The lowest BCUT2D eigenvalue weighted by Crippen LogP contribution is -2.40. The van der Waals surface area contributed by atoms with Crippen LogP contribution in [0.3, 0.4) is 0 Å². The van der Waals surface area contributed by atoms with E-state index in [-0.39, 0.29) is 23.6 Å². The summed E-state index contributed by atoms with van der Waals surface area (Å²) in [5.74, 6) is 0.758. The van der Waals surface area contributed by atoms with Crippen molar-refractivity contribution in [3.8, 4) is 5.75 Å². The van der Waals surface area contributed by atoms with E-state index in [1.165, 1.54) is 6.92 Å². The number of ether oxygens (including phenoxy) is 2. The number of rotatable bonds is 4. The molecule has 0 aliphatic carbocycles. The smallest absolute Gasteiger partial charge is 0.217 e. The zero-order valence-corrected chi connectivity index (χ0v) is 13.1. The maximum Gasteiger partial charge on any atom is 0.217 e. The Bertz CT molecular complexity index is 528. The van der Waals surface area contributed by atoms with Gasteiger partial charge in [-0.05, 0) is 31.5 Å². The van der Waals surface area contributed by atoms with E-state index in [1.54, 1.807) is 7.11 Å². The first-order valence-electron chi connectivity index (χ1n) is 7.17. The Morgan fingerprint density at radius 3 is 2.90 bits per heavy atom. The summed E-state index contributed by atoms with van der Waals surface area (Å²) in [7, 11) is 1.63. The van der Waals surface area contributed by atoms with E-state index in [0.29, 0.717) is 6.61 Å². The van der Waals surface area contributed by atoms with E-state index < -0.39 is 0 Å². The third kappa shape index (κ3) is 3.74. The molecule has 1 aromatic carbocycles. The van der Waals surface area contributed by atoms with Crippen LogP contribution in [0.15, 0.2) is 18.2 Å². The lowest BCUT2D eigenvalue weighted by Gasteiger charge is -2.38. The van der Waals surface area contributed by atoms with Crippen molar-refractivity contribution in [2.24, 2.45) is 5.73 Å². The summed E-state index contributed by atoms with van der Waals surface area (Å²) in [5.41, 5.74) is 7.74. The number of methoxy groups -OCH3 is 1. The molecule has 2 rings (SSSR count). The van der Waals surface area contributed by atoms with E-state index in [4.69, 9.17) is 15.2 Å². The molecule has 3 N–H and O–H groups in total. The number of carbonyl (C=O) groups is 1. The zero-order chi connectivity index (χ0) is 15.6. The predicted octanol–water partition coefficient (Wildman–Crippen LogP) is 2.07. The number of carbonyl (C=O) groups excluding carboxylic acids is 1. The van der Waals surface area contributed by atoms with Gasteiger partial charge >= 0.3 is 0 Å². The fraction of sp³-hybridized carbons (Fsp3) is 0.562. The van der Waals surface area contributed by atoms with Crippen molar-refractivity contribution in [1.29, 1.82) is 0 Å². The van der Waals surface area contributed by atoms with E-state index in [2.05, 4.69) is 5.32 Å². The highest BCUT2D eigenvalue weighted by Gasteiger charge is 2.34. The van der Waals surface area contributed by atoms with Crippen LogP contribution in [-0.2, 0) is 9.53 Å². The van der Waals surface area contributed by atoms with Crippen molar-refractivity contribution in [2.45, 2.75) is 44.9 Å². The van der Waals surface area contributed by atoms with Crippen molar-refractivity contribution in [3.05, 3.63) is 29.3 Å². The van der Waals surface area contributed by atoms with E-state index >= 15 is 0 Å². The van der Waals surface area contributed by atoms with Crippen LogP contribution in [0.1, 0.15) is 50.4 Å². The third-order valence-electron chi connectivity index (χ3n) is 3.64. The number of hydrogen-bond acceptors (Lipinski definition) is 4. The van der Waals surface area contributed by atoms with Crippen LogP contribution in [0.25, 0.3) is 0 Å². The summed E-state index contributed by atoms with van der Waals surface area (Å²) in [4.78, 5) is 11.5. The molecular weight excluding hydrogens is 268 g/mol. The Kier molecular flexibility index (Phi) is 4.54. The molecule has 1 heterocycles. The van der Waals surface area contributed by atoms with Gasteiger partial charge in [-0.3, -0.25) is 4.79 Å². The van der Waals surface area contributed by atoms with Crippen molar-refractivity contribution in [2.75, 3.05) is 13.7 Å². The number of nitrogens with one attached hydrogen (secondary N) is 1. The van der Waals surface area contributed by atoms with E-state index in [1.807, 2.05) is 32.0 Å². The Morgan fingerprint density at radius 2 is 2.29 bits per heavy atom. The molecule has 0 spiro atoms. The minimum absolute atomic E-state index is 0.0461. The largest absolute Gasteiger partial charge is 0.487 e. The summed E-state index contributed by atoms with van der Waals surface area (Å²) in [6.07, 6.45) is 0.725. The van der Waals surface area contributed by atoms with Crippen molar-refractivity contribution in [1.82, 2.24) is 5.32 Å². The molecule has 5 nitrogen and oxygen atoms in total. The van der Waals surface area contributed by atoms with Gasteiger partial charge in [-0.15, -0.1) is 0 Å². The number of nitrogens with two attached hydrogens (primary N) is 1. The van der Waals surface area contributed by atoms with Gasteiger partial charge in [0.05, 0.1) is 18.7 Å². The van der Waals surface area contributed by atoms with Crippen LogP contribution in [0, 0.1) is 0 Å². The molecule has 1 aliphatic heterocycles. The van der Waals surface area contributed by atoms with E-state index in [9.17, 15) is 4.79 Å². The van der Waals surface area contributed by atoms with Gasteiger partial charge in [-0.2, -0.15) is 0 Å². The van der Waals surface area contributed by atoms with Gasteiger partial charge in [0.1, 0.15) is 11.4 Å². The first-order valence-corrected chi connectivity index (χ1v) is 7.17. The van der Waals surface area contributed by atoms with Gasteiger partial charge in [-0.1, -0.05) is 6.07 Å². The van der Waals surface area contributed by atoms with Gasteiger partial charge in [0.15, 0.2) is 0 Å². The van der Waals surface area contributed by atoms with E-state index in [0.717, 1.165) is 23.3 Å². The SMILES string of the molecule is COCC(N)c1ccc2c(c1)C(NC(C)=O)CC(C)(C)O2. The Labute approximate surface area is 125 Å². The first-order chi connectivity index (χ1) is 9.82. The molecular formula is C16H24N2O3. The molecule has 1 aromatic rings. The highest BCUT2D eigenvalue weighted by Crippen LogP contribution is 2.40. The van der Waals surface area contributed by atoms with Crippen LogP contribution >= 0.6 is 0 Å². The normalized spacial score (nSPS) is 21.1. The van der Waals surface area contributed by atoms with Gasteiger partial charge < -0.3 is 20.5 Å². The van der Waals surface area contributed by atoms with Gasteiger partial charge in [-0.25, -0.2) is 0 Å². The standard InChI is InChI=1S/C16H24N2O3/c1-10(19)18-14-8-16(2,3)21-15-6-5-11(7-12(14)15)13(17)9-20-4/h5-7,13-14H,8-9,17H2,1-4H3,(H,18,19). The van der Waals surface area contributed by atoms with Gasteiger partial charge in [0.25, 0.3) is 0 Å². The lowest BCUT2D eigenvalue weighted by atomic mass is 9.88.